The maximum Gasteiger partial charge on any atom is 0.128 e. The van der Waals surface area contributed by atoms with Crippen LogP contribution < -0.4 is 0 Å². The average Bonchev–Trinajstić information content (AvgIpc) is 2.65. The normalized spacial score (nSPS) is 13.7. The quantitative estimate of drug-likeness (QED) is 0.549. The van der Waals surface area contributed by atoms with Gasteiger partial charge in [-0.3, -0.25) is 4.90 Å². The minimum absolute atomic E-state index is 0.0426. The largest absolute Gasteiger partial charge is 0.297 e. The van der Waals surface area contributed by atoms with Gasteiger partial charge in [-0.2, -0.15) is 5.26 Å². The Balaban J connectivity index is 2.12. The summed E-state index contributed by atoms with van der Waals surface area (Å²) >= 11 is 0. The molecule has 0 aliphatic carbocycles. The molecule has 0 saturated heterocycles. The molecule has 3 heteroatoms. The Kier molecular flexibility index (Phi) is 7.56. The standard InChI is InChI=1S/C24H31FN2/c1-19(2)24(18-26,22-13-8-9-14-23(22)25)15-10-16-27(20(3)4)17-21-11-6-5-7-12-21/h5-9,11-14,19-20H,10,15-17H2,1-4H3. The van der Waals surface area contributed by atoms with Crippen molar-refractivity contribution in [2.45, 2.75) is 58.5 Å². The number of hydrogen-bond donors (Lipinski definition) is 0. The molecule has 1 atom stereocenters. The first kappa shape index (κ1) is 21.1. The van der Waals surface area contributed by atoms with E-state index in [1.807, 2.05) is 26.0 Å². The molecule has 0 spiro atoms. The minimum atomic E-state index is -0.791. The zero-order chi connectivity index (χ0) is 19.9. The van der Waals surface area contributed by atoms with E-state index in [0.717, 1.165) is 19.5 Å². The van der Waals surface area contributed by atoms with Gasteiger partial charge in [0.05, 0.1) is 11.5 Å². The number of halogens is 1. The average molecular weight is 367 g/mol. The smallest absolute Gasteiger partial charge is 0.128 e. The van der Waals surface area contributed by atoms with E-state index in [1.54, 1.807) is 12.1 Å². The van der Waals surface area contributed by atoms with Gasteiger partial charge in [-0.05, 0) is 50.8 Å². The molecule has 0 bridgehead atoms. The third kappa shape index (κ3) is 5.17. The van der Waals surface area contributed by atoms with E-state index < -0.39 is 5.41 Å². The van der Waals surface area contributed by atoms with E-state index in [1.165, 1.54) is 11.6 Å². The van der Waals surface area contributed by atoms with Gasteiger partial charge in [-0.1, -0.05) is 62.4 Å². The van der Waals surface area contributed by atoms with Crippen molar-refractivity contribution in [3.63, 3.8) is 0 Å². The van der Waals surface area contributed by atoms with Crippen LogP contribution >= 0.6 is 0 Å². The molecular formula is C24H31FN2. The molecule has 144 valence electrons. The van der Waals surface area contributed by atoms with Gasteiger partial charge < -0.3 is 0 Å². The molecule has 0 aliphatic rings. The fourth-order valence-electron chi connectivity index (χ4n) is 3.70. The molecule has 0 heterocycles. The highest BCUT2D eigenvalue weighted by molar-refractivity contribution is 5.34. The number of rotatable bonds is 9. The Morgan fingerprint density at radius 2 is 1.63 bits per heavy atom. The van der Waals surface area contributed by atoms with Gasteiger partial charge in [0, 0.05) is 18.2 Å². The lowest BCUT2D eigenvalue weighted by Crippen LogP contribution is -2.35. The van der Waals surface area contributed by atoms with E-state index in [0.29, 0.717) is 18.0 Å². The van der Waals surface area contributed by atoms with E-state index in [2.05, 4.69) is 49.1 Å². The van der Waals surface area contributed by atoms with Gasteiger partial charge in [-0.15, -0.1) is 0 Å². The first-order chi connectivity index (χ1) is 12.9. The molecule has 2 rings (SSSR count). The Morgan fingerprint density at radius 1 is 1.00 bits per heavy atom. The molecule has 0 radical (unpaired) electrons. The van der Waals surface area contributed by atoms with E-state index in [-0.39, 0.29) is 11.7 Å². The summed E-state index contributed by atoms with van der Waals surface area (Å²) < 4.78 is 14.5. The molecule has 2 aromatic carbocycles. The third-order valence-electron chi connectivity index (χ3n) is 5.51. The van der Waals surface area contributed by atoms with Gasteiger partial charge in [0.2, 0.25) is 0 Å². The second-order valence-corrected chi connectivity index (χ2v) is 7.87. The van der Waals surface area contributed by atoms with Crippen LogP contribution in [0.25, 0.3) is 0 Å². The van der Waals surface area contributed by atoms with Crippen molar-refractivity contribution in [3.8, 4) is 6.07 Å². The molecule has 27 heavy (non-hydrogen) atoms. The van der Waals surface area contributed by atoms with E-state index >= 15 is 0 Å². The first-order valence-electron chi connectivity index (χ1n) is 9.85. The minimum Gasteiger partial charge on any atom is -0.297 e. The lowest BCUT2D eigenvalue weighted by molar-refractivity contribution is 0.199. The Labute approximate surface area is 163 Å². The van der Waals surface area contributed by atoms with Crippen molar-refractivity contribution in [3.05, 3.63) is 71.5 Å². The molecular weight excluding hydrogens is 335 g/mol. The number of nitrogens with zero attached hydrogens (tertiary/aromatic N) is 2. The highest BCUT2D eigenvalue weighted by Gasteiger charge is 2.37. The summed E-state index contributed by atoms with van der Waals surface area (Å²) in [5.74, 6) is -0.237. The number of benzene rings is 2. The summed E-state index contributed by atoms with van der Waals surface area (Å²) in [6, 6.07) is 20.0. The summed E-state index contributed by atoms with van der Waals surface area (Å²) in [6.45, 7) is 10.2. The highest BCUT2D eigenvalue weighted by atomic mass is 19.1. The van der Waals surface area contributed by atoms with Crippen molar-refractivity contribution in [2.75, 3.05) is 6.54 Å². The molecule has 2 nitrogen and oxygen atoms in total. The molecule has 2 aromatic rings. The third-order valence-corrected chi connectivity index (χ3v) is 5.51. The van der Waals surface area contributed by atoms with Crippen LogP contribution in [0.3, 0.4) is 0 Å². The van der Waals surface area contributed by atoms with Crippen molar-refractivity contribution < 1.29 is 4.39 Å². The Bertz CT molecular complexity index is 748. The summed E-state index contributed by atoms with van der Waals surface area (Å²) in [7, 11) is 0. The van der Waals surface area contributed by atoms with Crippen molar-refractivity contribution >= 4 is 0 Å². The molecule has 0 amide bonds. The number of hydrogen-bond acceptors (Lipinski definition) is 2. The zero-order valence-corrected chi connectivity index (χ0v) is 17.0. The summed E-state index contributed by atoms with van der Waals surface area (Å²) in [6.07, 6.45) is 1.51. The molecule has 1 unspecified atom stereocenters. The summed E-state index contributed by atoms with van der Waals surface area (Å²) in [5.41, 5.74) is 1.03. The molecule has 0 aliphatic heterocycles. The van der Waals surface area contributed by atoms with Crippen LogP contribution in [0.4, 0.5) is 4.39 Å². The lowest BCUT2D eigenvalue weighted by atomic mass is 9.69. The molecule has 0 fully saturated rings. The predicted octanol–water partition coefficient (Wildman–Crippen LogP) is 5.93. The second-order valence-electron chi connectivity index (χ2n) is 7.87. The van der Waals surface area contributed by atoms with Gasteiger partial charge in [-0.25, -0.2) is 4.39 Å². The monoisotopic (exact) mass is 366 g/mol. The fraction of sp³-hybridized carbons (Fsp3) is 0.458. The SMILES string of the molecule is CC(C)N(CCCC(C#N)(c1ccccc1F)C(C)C)Cc1ccccc1. The second kappa shape index (κ2) is 9.67. The fourth-order valence-corrected chi connectivity index (χ4v) is 3.70. The van der Waals surface area contributed by atoms with E-state index in [4.69, 9.17) is 0 Å². The van der Waals surface area contributed by atoms with Crippen LogP contribution in [-0.2, 0) is 12.0 Å². The lowest BCUT2D eigenvalue weighted by Gasteiger charge is -2.33. The topological polar surface area (TPSA) is 27.0 Å². The Hall–Kier alpha value is -2.18. The maximum absolute atomic E-state index is 14.5. The first-order valence-corrected chi connectivity index (χ1v) is 9.85. The van der Waals surface area contributed by atoms with E-state index in [9.17, 15) is 9.65 Å². The van der Waals surface area contributed by atoms with Crippen LogP contribution in [-0.4, -0.2) is 17.5 Å². The van der Waals surface area contributed by atoms with Gasteiger partial charge >= 0.3 is 0 Å². The van der Waals surface area contributed by atoms with Crippen LogP contribution in [0.15, 0.2) is 54.6 Å². The van der Waals surface area contributed by atoms with Crippen molar-refractivity contribution in [2.24, 2.45) is 5.92 Å². The Morgan fingerprint density at radius 3 is 2.19 bits per heavy atom. The van der Waals surface area contributed by atoms with Crippen LogP contribution in [0.2, 0.25) is 0 Å². The number of nitriles is 1. The van der Waals surface area contributed by atoms with Crippen LogP contribution in [0, 0.1) is 23.1 Å². The molecule has 0 N–H and O–H groups in total. The van der Waals surface area contributed by atoms with Gasteiger partial charge in [0.1, 0.15) is 5.82 Å². The van der Waals surface area contributed by atoms with Gasteiger partial charge in [0.15, 0.2) is 0 Å². The van der Waals surface area contributed by atoms with Crippen LogP contribution in [0.1, 0.15) is 51.7 Å². The van der Waals surface area contributed by atoms with Crippen molar-refractivity contribution in [1.82, 2.24) is 4.90 Å². The van der Waals surface area contributed by atoms with Crippen LogP contribution in [0.5, 0.6) is 0 Å². The van der Waals surface area contributed by atoms with Gasteiger partial charge in [0.25, 0.3) is 0 Å². The highest BCUT2D eigenvalue weighted by Crippen LogP contribution is 2.38. The zero-order valence-electron chi connectivity index (χ0n) is 17.0. The summed E-state index contributed by atoms with van der Waals surface area (Å²) in [5, 5.41) is 10.0. The van der Waals surface area contributed by atoms with Crippen molar-refractivity contribution in [1.29, 1.82) is 5.26 Å². The predicted molar refractivity (Wildman–Crippen MR) is 110 cm³/mol. The maximum atomic E-state index is 14.5. The molecule has 0 saturated carbocycles. The molecule has 0 aromatic heterocycles. The summed E-state index contributed by atoms with van der Waals surface area (Å²) in [4.78, 5) is 2.42.